The van der Waals surface area contributed by atoms with E-state index in [-0.39, 0.29) is 23.8 Å². The number of nitrogens with zero attached hydrogens (tertiary/aromatic N) is 3. The lowest BCUT2D eigenvalue weighted by atomic mass is 9.89. The Morgan fingerprint density at radius 2 is 1.81 bits per heavy atom. The number of benzene rings is 1. The van der Waals surface area contributed by atoms with Crippen molar-refractivity contribution in [1.29, 1.82) is 0 Å². The summed E-state index contributed by atoms with van der Waals surface area (Å²) in [5, 5.41) is 2.91. The smallest absolute Gasteiger partial charge is 0.381 e. The van der Waals surface area contributed by atoms with E-state index in [2.05, 4.69) is 48.0 Å². The van der Waals surface area contributed by atoms with Crippen LogP contribution in [0.15, 0.2) is 29.6 Å². The van der Waals surface area contributed by atoms with Crippen molar-refractivity contribution < 1.29 is 36.6 Å². The van der Waals surface area contributed by atoms with E-state index < -0.39 is 10.4 Å². The van der Waals surface area contributed by atoms with Gasteiger partial charge >= 0.3 is 10.4 Å². The Morgan fingerprint density at radius 3 is 2.43 bits per heavy atom. The Bertz CT molecular complexity index is 1270. The van der Waals surface area contributed by atoms with E-state index in [0.29, 0.717) is 44.5 Å². The monoisotopic (exact) mass is 626 g/mol. The number of amides is 2. The number of carbonyl (C=O) groups excluding carboxylic acids is 2. The van der Waals surface area contributed by atoms with Gasteiger partial charge in [-0.25, -0.2) is 4.98 Å². The van der Waals surface area contributed by atoms with Crippen LogP contribution in [0.3, 0.4) is 0 Å². The molecule has 14 heteroatoms. The highest BCUT2D eigenvalue weighted by molar-refractivity contribution is 7.79. The summed E-state index contributed by atoms with van der Waals surface area (Å²) < 4.78 is 43.4. The molecule has 234 valence electrons. The van der Waals surface area contributed by atoms with E-state index >= 15 is 0 Å². The van der Waals surface area contributed by atoms with Crippen molar-refractivity contribution in [3.8, 4) is 0 Å². The second-order valence-electron chi connectivity index (χ2n) is 10.9. The highest BCUT2D eigenvalue weighted by Gasteiger charge is 2.41. The summed E-state index contributed by atoms with van der Waals surface area (Å²) in [5.41, 5.74) is 8.04. The van der Waals surface area contributed by atoms with Crippen LogP contribution in [0.1, 0.15) is 65.7 Å². The molecule has 1 aromatic heterocycles. The minimum Gasteiger partial charge on any atom is -0.381 e. The predicted molar refractivity (Wildman–Crippen MR) is 159 cm³/mol. The minimum absolute atomic E-state index is 0.0337. The summed E-state index contributed by atoms with van der Waals surface area (Å²) in [5.74, 6) is 0.0386. The first kappa shape index (κ1) is 34.0. The molecule has 0 saturated carbocycles. The number of likely N-dealkylation sites (tertiary alicyclic amines) is 1. The zero-order valence-corrected chi connectivity index (χ0v) is 25.9. The highest BCUT2D eigenvalue weighted by atomic mass is 32.3. The van der Waals surface area contributed by atoms with Gasteiger partial charge in [0.25, 0.3) is 5.91 Å². The number of piperidine rings is 1. The fraction of sp³-hybridized carbons (Fsp3) is 0.607. The van der Waals surface area contributed by atoms with Crippen LogP contribution in [0, 0.1) is 0 Å². The summed E-state index contributed by atoms with van der Waals surface area (Å²) in [6, 6.07) is 8.65. The third-order valence-electron chi connectivity index (χ3n) is 7.27. The molecule has 2 aliphatic heterocycles. The molecule has 2 amide bonds. The number of hydrogen-bond donors (Lipinski definition) is 3. The predicted octanol–water partition coefficient (Wildman–Crippen LogP) is 2.60. The van der Waals surface area contributed by atoms with E-state index in [9.17, 15) is 9.59 Å². The fourth-order valence-corrected chi connectivity index (χ4v) is 5.82. The van der Waals surface area contributed by atoms with Gasteiger partial charge in [0.15, 0.2) is 0 Å². The fourth-order valence-electron chi connectivity index (χ4n) is 5.01. The summed E-state index contributed by atoms with van der Waals surface area (Å²) >= 11 is 1.57. The molecular formula is C28H42N4O8S2. The maximum Gasteiger partial charge on any atom is 0.394 e. The van der Waals surface area contributed by atoms with Crippen LogP contribution in [0.5, 0.6) is 0 Å². The third kappa shape index (κ3) is 11.7. The Morgan fingerprint density at radius 1 is 1.14 bits per heavy atom. The molecule has 0 bridgehead atoms. The number of hydrogen-bond acceptors (Lipinski definition) is 9. The number of carbonyl (C=O) groups is 2. The first-order valence-corrected chi connectivity index (χ1v) is 16.4. The number of rotatable bonds is 11. The maximum absolute atomic E-state index is 13.1. The van der Waals surface area contributed by atoms with Gasteiger partial charge in [-0.15, -0.1) is 11.3 Å². The molecule has 0 aliphatic carbocycles. The molecule has 42 heavy (non-hydrogen) atoms. The summed E-state index contributed by atoms with van der Waals surface area (Å²) in [7, 11) is -4.67. The number of ether oxygens (including phenoxy) is 2. The number of aromatic nitrogens is 1. The number of thiazole rings is 1. The largest absolute Gasteiger partial charge is 0.394 e. The van der Waals surface area contributed by atoms with Crippen LogP contribution < -0.4 is 5.73 Å². The van der Waals surface area contributed by atoms with E-state index in [1.165, 1.54) is 11.1 Å². The Labute approximate surface area is 251 Å². The van der Waals surface area contributed by atoms with Crippen molar-refractivity contribution in [2.24, 2.45) is 5.73 Å². The molecule has 4 N–H and O–H groups in total. The molecule has 0 atom stereocenters. The van der Waals surface area contributed by atoms with Crippen LogP contribution in [0.2, 0.25) is 0 Å². The summed E-state index contributed by atoms with van der Waals surface area (Å²) in [6.07, 6.45) is 3.96. The molecule has 2 fully saturated rings. The Balaban J connectivity index is 0.000000892. The lowest BCUT2D eigenvalue weighted by Gasteiger charge is -2.47. The van der Waals surface area contributed by atoms with Gasteiger partial charge in [-0.05, 0) is 36.8 Å². The second kappa shape index (κ2) is 15.8. The van der Waals surface area contributed by atoms with Gasteiger partial charge in [-0.2, -0.15) is 8.42 Å². The van der Waals surface area contributed by atoms with Gasteiger partial charge in [0.05, 0.1) is 37.0 Å². The SMILES string of the molecule is CC(C)c1nc(C(=O)N2CCOC3(CCN(CCc4cccc(CCOCCC(N)=O)c4)CC3)C2)cs1.O=S(=O)(O)O. The Kier molecular flexibility index (Phi) is 12.8. The lowest BCUT2D eigenvalue weighted by Crippen LogP contribution is -2.58. The molecule has 1 spiro atoms. The van der Waals surface area contributed by atoms with Crippen molar-refractivity contribution >= 4 is 33.6 Å². The molecule has 12 nitrogen and oxygen atoms in total. The molecule has 3 heterocycles. The topological polar surface area (TPSA) is 173 Å². The average Bonchev–Trinajstić information content (AvgIpc) is 3.42. The molecule has 1 aromatic carbocycles. The molecule has 2 aromatic rings. The van der Waals surface area contributed by atoms with Crippen molar-refractivity contribution in [3.63, 3.8) is 0 Å². The van der Waals surface area contributed by atoms with E-state index in [4.69, 9.17) is 32.7 Å². The number of morpholine rings is 1. The van der Waals surface area contributed by atoms with Gasteiger partial charge in [-0.1, -0.05) is 38.1 Å². The molecule has 0 radical (unpaired) electrons. The highest BCUT2D eigenvalue weighted by Crippen LogP contribution is 2.31. The van der Waals surface area contributed by atoms with Gasteiger partial charge in [0.2, 0.25) is 5.91 Å². The zero-order valence-electron chi connectivity index (χ0n) is 24.2. The first-order valence-electron chi connectivity index (χ1n) is 14.1. The Hall–Kier alpha value is -2.46. The normalized spacial score (nSPS) is 17.2. The molecule has 0 unspecified atom stereocenters. The van der Waals surface area contributed by atoms with E-state index in [1.807, 2.05) is 10.3 Å². The lowest BCUT2D eigenvalue weighted by molar-refractivity contribution is -0.127. The van der Waals surface area contributed by atoms with E-state index in [0.717, 1.165) is 50.3 Å². The van der Waals surface area contributed by atoms with Gasteiger partial charge in [0, 0.05) is 43.9 Å². The van der Waals surface area contributed by atoms with Crippen molar-refractivity contribution in [1.82, 2.24) is 14.8 Å². The minimum atomic E-state index is -4.67. The second-order valence-corrected chi connectivity index (χ2v) is 12.7. The molecule has 2 aliphatic rings. The summed E-state index contributed by atoms with van der Waals surface area (Å²) in [6.45, 7) is 10.0. The van der Waals surface area contributed by atoms with Gasteiger partial charge in [0.1, 0.15) is 5.69 Å². The van der Waals surface area contributed by atoms with E-state index in [1.54, 1.807) is 11.3 Å². The summed E-state index contributed by atoms with van der Waals surface area (Å²) in [4.78, 5) is 32.9. The van der Waals surface area contributed by atoms with Crippen LogP contribution in [0.25, 0.3) is 0 Å². The average molecular weight is 627 g/mol. The molecule has 2 saturated heterocycles. The molecule has 4 rings (SSSR count). The third-order valence-corrected chi connectivity index (χ3v) is 8.42. The van der Waals surface area contributed by atoms with Gasteiger partial charge < -0.3 is 25.0 Å². The van der Waals surface area contributed by atoms with Crippen LogP contribution in [-0.4, -0.2) is 102 Å². The van der Waals surface area contributed by atoms with Crippen molar-refractivity contribution in [2.45, 2.75) is 57.5 Å². The molecular weight excluding hydrogens is 584 g/mol. The van der Waals surface area contributed by atoms with Crippen molar-refractivity contribution in [2.75, 3.05) is 52.5 Å². The van der Waals surface area contributed by atoms with Crippen LogP contribution >= 0.6 is 11.3 Å². The quantitative estimate of drug-likeness (QED) is 0.249. The van der Waals surface area contributed by atoms with Crippen molar-refractivity contribution in [3.05, 3.63) is 51.5 Å². The van der Waals surface area contributed by atoms with Gasteiger partial charge in [-0.3, -0.25) is 18.7 Å². The number of nitrogens with two attached hydrogens (primary N) is 1. The van der Waals surface area contributed by atoms with Crippen LogP contribution in [-0.2, 0) is 37.5 Å². The maximum atomic E-state index is 13.1. The van der Waals surface area contributed by atoms with Crippen LogP contribution in [0.4, 0.5) is 0 Å². The zero-order chi connectivity index (χ0) is 30.8. The number of primary amides is 1. The standard InChI is InChI=1S/C28H40N4O4S.H2O4S/c1-21(2)26-30-24(19-37-26)27(34)32-14-17-36-28(20-32)9-12-31(13-10-28)11-6-22-4-3-5-23(18-22)7-15-35-16-8-25(29)33;1-5(2,3)4/h3-5,18-19,21H,6-17,20H2,1-2H3,(H2,29,33);(H2,1,2,3,4). The first-order chi connectivity index (χ1) is 19.8.